The van der Waals surface area contributed by atoms with Gasteiger partial charge in [0.2, 0.25) is 0 Å². The summed E-state index contributed by atoms with van der Waals surface area (Å²) in [6.07, 6.45) is 4.56. The van der Waals surface area contributed by atoms with Crippen molar-refractivity contribution in [3.05, 3.63) is 68.7 Å². The molecule has 1 aliphatic carbocycles. The molecule has 1 unspecified atom stereocenters. The zero-order valence-corrected chi connectivity index (χ0v) is 20.3. The number of aryl methyl sites for hydroxylation is 2. The van der Waals surface area contributed by atoms with E-state index < -0.39 is 0 Å². The predicted octanol–water partition coefficient (Wildman–Crippen LogP) is 4.80. The lowest BCUT2D eigenvalue weighted by molar-refractivity contribution is 0.186. The van der Waals surface area contributed by atoms with Gasteiger partial charge < -0.3 is 15.7 Å². The Morgan fingerprint density at radius 1 is 1.15 bits per heavy atom. The number of halogens is 2. The third-order valence-electron chi connectivity index (χ3n) is 7.27. The lowest BCUT2D eigenvalue weighted by atomic mass is 9.73. The van der Waals surface area contributed by atoms with Crippen LogP contribution in [0.1, 0.15) is 47.0 Å². The second kappa shape index (κ2) is 8.51. The molecule has 0 bridgehead atoms. The Morgan fingerprint density at radius 3 is 2.64 bits per heavy atom. The molecule has 3 N–H and O–H groups in total. The van der Waals surface area contributed by atoms with Crippen molar-refractivity contribution in [1.29, 1.82) is 0 Å². The fourth-order valence-corrected chi connectivity index (χ4v) is 5.75. The van der Waals surface area contributed by atoms with E-state index >= 15 is 0 Å². The van der Waals surface area contributed by atoms with E-state index in [1.54, 1.807) is 12.3 Å². The third kappa shape index (κ3) is 3.79. The van der Waals surface area contributed by atoms with E-state index in [0.29, 0.717) is 22.0 Å². The van der Waals surface area contributed by atoms with E-state index in [0.717, 1.165) is 43.9 Å². The van der Waals surface area contributed by atoms with Crippen molar-refractivity contribution in [2.45, 2.75) is 45.8 Å². The predicted molar refractivity (Wildman–Crippen MR) is 132 cm³/mol. The summed E-state index contributed by atoms with van der Waals surface area (Å²) in [6, 6.07) is 8.47. The number of anilines is 1. The van der Waals surface area contributed by atoms with E-state index in [-0.39, 0.29) is 23.2 Å². The van der Waals surface area contributed by atoms with E-state index in [2.05, 4.69) is 35.0 Å². The Balaban J connectivity index is 1.41. The van der Waals surface area contributed by atoms with Gasteiger partial charge in [-0.25, -0.2) is 15.0 Å². The molecule has 2 aliphatic rings. The van der Waals surface area contributed by atoms with Gasteiger partial charge in [-0.2, -0.15) is 0 Å². The number of benzene rings is 1. The van der Waals surface area contributed by atoms with E-state index in [9.17, 15) is 5.11 Å². The largest absolute Gasteiger partial charge is 0.390 e. The summed E-state index contributed by atoms with van der Waals surface area (Å²) in [4.78, 5) is 15.8. The minimum absolute atomic E-state index is 0.0561. The maximum absolute atomic E-state index is 10.1. The normalized spacial score (nSPS) is 19.2. The first-order valence-electron chi connectivity index (χ1n) is 11.2. The number of nitrogens with two attached hydrogens (primary N) is 1. The fourth-order valence-electron chi connectivity index (χ4n) is 5.39. The molecule has 33 heavy (non-hydrogen) atoms. The van der Waals surface area contributed by atoms with Crippen LogP contribution >= 0.6 is 23.2 Å². The number of rotatable bonds is 3. The first-order chi connectivity index (χ1) is 15.8. The molecule has 8 heteroatoms. The van der Waals surface area contributed by atoms with Crippen LogP contribution in [0.15, 0.2) is 30.5 Å². The average molecular weight is 484 g/mol. The average Bonchev–Trinajstić information content (AvgIpc) is 3.07. The third-order valence-corrected chi connectivity index (χ3v) is 8.04. The molecule has 1 atom stereocenters. The molecule has 1 fully saturated rings. The lowest BCUT2D eigenvalue weighted by Crippen LogP contribution is -2.45. The number of pyridine rings is 1. The van der Waals surface area contributed by atoms with Gasteiger partial charge in [-0.05, 0) is 55.7 Å². The second-order valence-corrected chi connectivity index (χ2v) is 9.99. The summed E-state index contributed by atoms with van der Waals surface area (Å²) in [6.45, 7) is 5.45. The van der Waals surface area contributed by atoms with E-state index in [1.807, 2.05) is 6.92 Å². The summed E-state index contributed by atoms with van der Waals surface area (Å²) in [5.74, 6) is 0.727. The van der Waals surface area contributed by atoms with Crippen LogP contribution in [-0.2, 0) is 13.0 Å². The molecule has 0 amide bonds. The van der Waals surface area contributed by atoms with Gasteiger partial charge in [0.25, 0.3) is 0 Å². The summed E-state index contributed by atoms with van der Waals surface area (Å²) in [5, 5.41) is 10.7. The van der Waals surface area contributed by atoms with Gasteiger partial charge in [-0.1, -0.05) is 47.0 Å². The van der Waals surface area contributed by atoms with Crippen molar-refractivity contribution < 1.29 is 5.11 Å². The highest BCUT2D eigenvalue weighted by molar-refractivity contribution is 6.42. The summed E-state index contributed by atoms with van der Waals surface area (Å²) in [7, 11) is 0. The molecule has 2 aromatic heterocycles. The molecule has 3 heterocycles. The number of hydrogen-bond donors (Lipinski definition) is 2. The van der Waals surface area contributed by atoms with Crippen molar-refractivity contribution in [2.24, 2.45) is 11.1 Å². The van der Waals surface area contributed by atoms with Gasteiger partial charge in [0.15, 0.2) is 5.82 Å². The van der Waals surface area contributed by atoms with Crippen LogP contribution < -0.4 is 10.6 Å². The first kappa shape index (κ1) is 22.5. The van der Waals surface area contributed by atoms with Crippen LogP contribution in [0.5, 0.6) is 0 Å². The quantitative estimate of drug-likeness (QED) is 0.520. The topological polar surface area (TPSA) is 88.2 Å². The molecule has 1 saturated heterocycles. The SMILES string of the molecule is Cc1ccc2c(c1)C(N)C1(CCN(c3nc(C)c(-c4ccnc(Cl)c4Cl)nc3CO)CC1)C2. The first-order valence-corrected chi connectivity index (χ1v) is 12.0. The number of fused-ring (bicyclic) bond motifs is 1. The Morgan fingerprint density at radius 2 is 1.91 bits per heavy atom. The van der Waals surface area contributed by atoms with Gasteiger partial charge >= 0.3 is 0 Å². The number of piperidine rings is 1. The second-order valence-electron chi connectivity index (χ2n) is 9.26. The summed E-state index contributed by atoms with van der Waals surface area (Å²) in [5.41, 5.74) is 13.3. The zero-order chi connectivity index (χ0) is 23.3. The highest BCUT2D eigenvalue weighted by Crippen LogP contribution is 2.51. The lowest BCUT2D eigenvalue weighted by Gasteiger charge is -2.43. The number of aromatic nitrogens is 3. The van der Waals surface area contributed by atoms with Crippen molar-refractivity contribution in [1.82, 2.24) is 15.0 Å². The molecule has 172 valence electrons. The Bertz CT molecular complexity index is 1220. The van der Waals surface area contributed by atoms with Gasteiger partial charge in [0, 0.05) is 30.9 Å². The highest BCUT2D eigenvalue weighted by Gasteiger charge is 2.46. The Hall–Kier alpha value is -2.25. The molecular formula is C25H27Cl2N5O. The van der Waals surface area contributed by atoms with E-state index in [4.69, 9.17) is 38.9 Å². The minimum atomic E-state index is -0.210. The summed E-state index contributed by atoms with van der Waals surface area (Å²) >= 11 is 12.5. The molecule has 0 saturated carbocycles. The smallest absolute Gasteiger partial charge is 0.153 e. The maximum Gasteiger partial charge on any atom is 0.153 e. The number of nitrogens with zero attached hydrogens (tertiary/aromatic N) is 4. The summed E-state index contributed by atoms with van der Waals surface area (Å²) < 4.78 is 0. The van der Waals surface area contributed by atoms with E-state index in [1.165, 1.54) is 16.7 Å². The molecule has 1 spiro atoms. The van der Waals surface area contributed by atoms with Crippen molar-refractivity contribution in [2.75, 3.05) is 18.0 Å². The minimum Gasteiger partial charge on any atom is -0.390 e. The van der Waals surface area contributed by atoms with Gasteiger partial charge in [-0.3, -0.25) is 0 Å². The molecule has 1 aromatic carbocycles. The maximum atomic E-state index is 10.1. The molecule has 3 aromatic rings. The van der Waals surface area contributed by atoms with Crippen LogP contribution in [0.4, 0.5) is 5.82 Å². The molecular weight excluding hydrogens is 457 g/mol. The highest BCUT2D eigenvalue weighted by atomic mass is 35.5. The van der Waals surface area contributed by atoms with Crippen LogP contribution in [0, 0.1) is 19.3 Å². The van der Waals surface area contributed by atoms with Gasteiger partial charge in [-0.15, -0.1) is 0 Å². The number of hydrogen-bond acceptors (Lipinski definition) is 6. The monoisotopic (exact) mass is 483 g/mol. The zero-order valence-electron chi connectivity index (χ0n) is 18.8. The molecule has 1 aliphatic heterocycles. The fraction of sp³-hybridized carbons (Fsp3) is 0.400. The Kier molecular flexibility index (Phi) is 5.81. The number of aliphatic hydroxyl groups excluding tert-OH is 1. The van der Waals surface area contributed by atoms with Crippen LogP contribution in [0.2, 0.25) is 10.2 Å². The Labute approximate surface area is 203 Å². The van der Waals surface area contributed by atoms with Gasteiger partial charge in [0.05, 0.1) is 23.0 Å². The number of aliphatic hydroxyl groups is 1. The molecule has 6 nitrogen and oxygen atoms in total. The van der Waals surface area contributed by atoms with Crippen molar-refractivity contribution in [3.8, 4) is 11.3 Å². The van der Waals surface area contributed by atoms with Crippen molar-refractivity contribution >= 4 is 29.0 Å². The molecule has 5 rings (SSSR count). The van der Waals surface area contributed by atoms with Gasteiger partial charge in [0.1, 0.15) is 10.8 Å². The van der Waals surface area contributed by atoms with Crippen LogP contribution in [0.25, 0.3) is 11.3 Å². The molecule has 0 radical (unpaired) electrons. The van der Waals surface area contributed by atoms with Crippen LogP contribution in [-0.4, -0.2) is 33.1 Å². The standard InChI is InChI=1S/C25H27Cl2N5O/c1-14-3-4-16-12-25(22(28)18(16)11-14)6-9-32(10-7-25)24-19(13-33)31-21(15(2)30-24)17-5-8-29-23(27)20(17)26/h3-5,8,11,22,33H,6-7,9-10,12-13,28H2,1-2H3. The van der Waals surface area contributed by atoms with Crippen LogP contribution in [0.3, 0.4) is 0 Å². The van der Waals surface area contributed by atoms with Crippen molar-refractivity contribution in [3.63, 3.8) is 0 Å².